The number of fused-ring (bicyclic) bond motifs is 3. The Morgan fingerprint density at radius 3 is 2.84 bits per heavy atom. The molecule has 0 bridgehead atoms. The minimum atomic E-state index is -1.44. The number of aromatic carboxylic acids is 1. The van der Waals surface area contributed by atoms with Crippen LogP contribution in [0.15, 0.2) is 4.79 Å². The van der Waals surface area contributed by atoms with Crippen molar-refractivity contribution in [3.63, 3.8) is 0 Å². The molecule has 3 rings (SSSR count). The summed E-state index contributed by atoms with van der Waals surface area (Å²) in [5.41, 5.74) is 1.05. The number of nitrogens with zero attached hydrogens (tertiary/aromatic N) is 2. The van der Waals surface area contributed by atoms with E-state index in [0.29, 0.717) is 30.0 Å². The number of ether oxygens (including phenoxy) is 1. The summed E-state index contributed by atoms with van der Waals surface area (Å²) in [5, 5.41) is 19.5. The Hall–Kier alpha value is -2.61. The van der Waals surface area contributed by atoms with Gasteiger partial charge in [-0.25, -0.2) is 9.78 Å². The van der Waals surface area contributed by atoms with Crippen LogP contribution in [-0.2, 0) is 24.1 Å². The molecular formula is C17H21N3O5. The largest absolute Gasteiger partial charge is 0.506 e. The average Bonchev–Trinajstić information content (AvgIpc) is 2.74. The predicted molar refractivity (Wildman–Crippen MR) is 90.2 cm³/mol. The van der Waals surface area contributed by atoms with Crippen LogP contribution in [-0.4, -0.2) is 44.4 Å². The summed E-state index contributed by atoms with van der Waals surface area (Å²) in [6.45, 7) is 3.29. The summed E-state index contributed by atoms with van der Waals surface area (Å²) in [6.07, 6.45) is 2.79. The van der Waals surface area contributed by atoms with E-state index < -0.39 is 22.8 Å². The van der Waals surface area contributed by atoms with Crippen molar-refractivity contribution in [3.05, 3.63) is 33.0 Å². The Labute approximate surface area is 144 Å². The number of pyridine rings is 1. The molecule has 0 fully saturated rings. The molecule has 0 aliphatic heterocycles. The van der Waals surface area contributed by atoms with Crippen LogP contribution < -0.4 is 5.56 Å². The second kappa shape index (κ2) is 6.72. The van der Waals surface area contributed by atoms with Crippen LogP contribution in [0.25, 0.3) is 11.4 Å². The van der Waals surface area contributed by atoms with E-state index in [4.69, 9.17) is 4.74 Å². The number of hydrogen-bond acceptors (Lipinski definition) is 5. The number of aromatic hydroxyl groups is 1. The van der Waals surface area contributed by atoms with E-state index in [1.807, 2.05) is 6.92 Å². The fourth-order valence-electron chi connectivity index (χ4n) is 3.43. The molecule has 134 valence electrons. The van der Waals surface area contributed by atoms with Crippen molar-refractivity contribution in [1.82, 2.24) is 14.5 Å². The van der Waals surface area contributed by atoms with Crippen LogP contribution >= 0.6 is 0 Å². The molecule has 1 aliphatic carbocycles. The number of aryl methyl sites for hydroxylation is 1. The number of H-pyrrole nitrogens is 1. The molecule has 1 aliphatic rings. The van der Waals surface area contributed by atoms with Gasteiger partial charge in [-0.05, 0) is 32.6 Å². The summed E-state index contributed by atoms with van der Waals surface area (Å²) >= 11 is 0. The van der Waals surface area contributed by atoms with Gasteiger partial charge in [0.1, 0.15) is 17.3 Å². The van der Waals surface area contributed by atoms with Crippen LogP contribution in [0.1, 0.15) is 40.3 Å². The number of methoxy groups -OCH3 is 1. The number of aromatic amines is 1. The van der Waals surface area contributed by atoms with Gasteiger partial charge in [0, 0.05) is 31.5 Å². The third-order valence-electron chi connectivity index (χ3n) is 4.57. The average molecular weight is 347 g/mol. The highest BCUT2D eigenvalue weighted by atomic mass is 16.5. The van der Waals surface area contributed by atoms with Gasteiger partial charge >= 0.3 is 5.97 Å². The standard InChI is InChI=1S/C17H21N3O5/c1-9-18-14-11(20(9)7-4-8-25-2)6-3-5-10-13(14)19-16(22)12(15(10)21)17(23)24/h3-8H2,1-2H3,(H,23,24)(H2,19,21,22). The first-order valence-electron chi connectivity index (χ1n) is 8.22. The first-order valence-corrected chi connectivity index (χ1v) is 8.22. The summed E-state index contributed by atoms with van der Waals surface area (Å²) in [6, 6.07) is 0. The topological polar surface area (TPSA) is 117 Å². The lowest BCUT2D eigenvalue weighted by molar-refractivity contribution is 0.0691. The first-order chi connectivity index (χ1) is 12.0. The Kier molecular flexibility index (Phi) is 4.63. The highest BCUT2D eigenvalue weighted by Gasteiger charge is 2.28. The molecule has 2 aromatic heterocycles. The fraction of sp³-hybridized carbons (Fsp3) is 0.471. The van der Waals surface area contributed by atoms with E-state index in [-0.39, 0.29) is 0 Å². The van der Waals surface area contributed by atoms with Gasteiger partial charge in [-0.2, -0.15) is 0 Å². The summed E-state index contributed by atoms with van der Waals surface area (Å²) in [7, 11) is 1.66. The fourth-order valence-corrected chi connectivity index (χ4v) is 3.43. The van der Waals surface area contributed by atoms with Gasteiger partial charge in [0.2, 0.25) is 0 Å². The molecule has 3 N–H and O–H groups in total. The van der Waals surface area contributed by atoms with E-state index in [1.54, 1.807) is 7.11 Å². The summed E-state index contributed by atoms with van der Waals surface area (Å²) in [5.74, 6) is -1.07. The molecule has 25 heavy (non-hydrogen) atoms. The van der Waals surface area contributed by atoms with Crippen LogP contribution in [0.2, 0.25) is 0 Å². The molecule has 0 aromatic carbocycles. The lowest BCUT2D eigenvalue weighted by Gasteiger charge is -2.10. The molecule has 0 radical (unpaired) electrons. The Morgan fingerprint density at radius 2 is 2.16 bits per heavy atom. The minimum Gasteiger partial charge on any atom is -0.506 e. The maximum atomic E-state index is 12.1. The molecule has 2 aromatic rings. The molecule has 0 amide bonds. The number of carboxylic acids is 1. The Bertz CT molecular complexity index is 881. The monoisotopic (exact) mass is 347 g/mol. The number of aromatic nitrogens is 3. The summed E-state index contributed by atoms with van der Waals surface area (Å²) < 4.78 is 7.20. The molecule has 0 spiro atoms. The molecule has 0 atom stereocenters. The zero-order chi connectivity index (χ0) is 18.1. The minimum absolute atomic E-state index is 0.425. The van der Waals surface area contributed by atoms with Crippen molar-refractivity contribution in [3.8, 4) is 17.1 Å². The van der Waals surface area contributed by atoms with E-state index in [9.17, 15) is 19.8 Å². The van der Waals surface area contributed by atoms with E-state index in [2.05, 4.69) is 14.5 Å². The quantitative estimate of drug-likeness (QED) is 0.705. The SMILES string of the molecule is COCCCn1c(C)nc2c1CCCc1c-2[nH]c(=O)c(C(=O)O)c1O. The van der Waals surface area contributed by atoms with Crippen molar-refractivity contribution in [2.24, 2.45) is 0 Å². The van der Waals surface area contributed by atoms with Crippen LogP contribution in [0.4, 0.5) is 0 Å². The molecule has 0 saturated carbocycles. The zero-order valence-electron chi connectivity index (χ0n) is 14.3. The lowest BCUT2D eigenvalue weighted by atomic mass is 10.0. The van der Waals surface area contributed by atoms with Gasteiger partial charge in [0.25, 0.3) is 5.56 Å². The highest BCUT2D eigenvalue weighted by molar-refractivity contribution is 5.91. The molecule has 0 saturated heterocycles. The van der Waals surface area contributed by atoms with E-state index in [1.165, 1.54) is 0 Å². The molecular weight excluding hydrogens is 326 g/mol. The van der Waals surface area contributed by atoms with Gasteiger partial charge in [0.05, 0.1) is 5.69 Å². The zero-order valence-corrected chi connectivity index (χ0v) is 14.3. The number of rotatable bonds is 5. The molecule has 8 nitrogen and oxygen atoms in total. The van der Waals surface area contributed by atoms with E-state index >= 15 is 0 Å². The second-order valence-corrected chi connectivity index (χ2v) is 6.14. The number of hydrogen-bond donors (Lipinski definition) is 3. The van der Waals surface area contributed by atoms with Crippen LogP contribution in [0.3, 0.4) is 0 Å². The van der Waals surface area contributed by atoms with E-state index in [0.717, 1.165) is 37.3 Å². The van der Waals surface area contributed by atoms with Crippen molar-refractivity contribution in [2.75, 3.05) is 13.7 Å². The molecule has 8 heteroatoms. The lowest BCUT2D eigenvalue weighted by Crippen LogP contribution is -2.20. The Balaban J connectivity index is 2.15. The number of carboxylic acid groups (broad SMARTS) is 1. The highest BCUT2D eigenvalue weighted by Crippen LogP contribution is 2.35. The molecule has 0 unspecified atom stereocenters. The van der Waals surface area contributed by atoms with Crippen molar-refractivity contribution in [2.45, 2.75) is 39.2 Å². The smallest absolute Gasteiger partial charge is 0.345 e. The second-order valence-electron chi connectivity index (χ2n) is 6.14. The van der Waals surface area contributed by atoms with Gasteiger partial charge in [0.15, 0.2) is 5.56 Å². The Morgan fingerprint density at radius 1 is 1.40 bits per heavy atom. The van der Waals surface area contributed by atoms with Gasteiger partial charge < -0.3 is 24.5 Å². The van der Waals surface area contributed by atoms with Crippen LogP contribution in [0, 0.1) is 6.92 Å². The van der Waals surface area contributed by atoms with Crippen molar-refractivity contribution < 1.29 is 19.7 Å². The van der Waals surface area contributed by atoms with Gasteiger partial charge in [-0.1, -0.05) is 0 Å². The maximum absolute atomic E-state index is 12.1. The van der Waals surface area contributed by atoms with Crippen LogP contribution in [0.5, 0.6) is 5.75 Å². The van der Waals surface area contributed by atoms with Crippen molar-refractivity contribution >= 4 is 5.97 Å². The normalized spacial score (nSPS) is 13.2. The third kappa shape index (κ3) is 2.93. The summed E-state index contributed by atoms with van der Waals surface area (Å²) in [4.78, 5) is 30.6. The number of nitrogens with one attached hydrogen (secondary N) is 1. The van der Waals surface area contributed by atoms with Gasteiger partial charge in [-0.15, -0.1) is 0 Å². The third-order valence-corrected chi connectivity index (χ3v) is 4.57. The van der Waals surface area contributed by atoms with Gasteiger partial charge in [-0.3, -0.25) is 4.79 Å². The number of imidazole rings is 1. The number of carbonyl (C=O) groups is 1. The predicted octanol–water partition coefficient (Wildman–Crippen LogP) is 1.48. The van der Waals surface area contributed by atoms with Crippen molar-refractivity contribution in [1.29, 1.82) is 0 Å². The molecule has 2 heterocycles. The first kappa shape index (κ1) is 17.2. The maximum Gasteiger partial charge on any atom is 0.345 e.